The molecule has 10 heteroatoms. The molecule has 1 fully saturated rings. The summed E-state index contributed by atoms with van der Waals surface area (Å²) in [7, 11) is -3.50. The zero-order valence-electron chi connectivity index (χ0n) is 18.4. The second-order valence-electron chi connectivity index (χ2n) is 7.80. The Labute approximate surface area is 192 Å². The topological polar surface area (TPSA) is 111 Å². The summed E-state index contributed by atoms with van der Waals surface area (Å²) in [6.07, 6.45) is 3.58. The van der Waals surface area contributed by atoms with Gasteiger partial charge in [-0.3, -0.25) is 4.79 Å². The van der Waals surface area contributed by atoms with Gasteiger partial charge in [-0.15, -0.1) is 0 Å². The summed E-state index contributed by atoms with van der Waals surface area (Å²) in [4.78, 5) is 28.7. The molecule has 9 nitrogen and oxygen atoms in total. The number of imidazole rings is 1. The van der Waals surface area contributed by atoms with Crippen LogP contribution in [-0.4, -0.2) is 53.8 Å². The van der Waals surface area contributed by atoms with Crippen molar-refractivity contribution in [2.24, 2.45) is 0 Å². The highest BCUT2D eigenvalue weighted by Gasteiger charge is 2.27. The number of ether oxygens (including phenoxy) is 1. The van der Waals surface area contributed by atoms with Crippen LogP contribution in [0.5, 0.6) is 0 Å². The average Bonchev–Trinajstić information content (AvgIpc) is 3.49. The summed E-state index contributed by atoms with van der Waals surface area (Å²) in [5.74, 6) is -0.590. The molecule has 0 aliphatic carbocycles. The normalized spacial score (nSPS) is 14.5. The molecule has 2 heterocycles. The van der Waals surface area contributed by atoms with Crippen molar-refractivity contribution in [3.05, 3.63) is 54.4 Å². The summed E-state index contributed by atoms with van der Waals surface area (Å²) >= 11 is 0. The molecule has 0 atom stereocenters. The molecule has 0 unspecified atom stereocenters. The summed E-state index contributed by atoms with van der Waals surface area (Å²) in [6, 6.07) is 11.4. The summed E-state index contributed by atoms with van der Waals surface area (Å²) in [6.45, 7) is 3.54. The van der Waals surface area contributed by atoms with Gasteiger partial charge in [0.15, 0.2) is 0 Å². The van der Waals surface area contributed by atoms with Gasteiger partial charge in [0.25, 0.3) is 0 Å². The number of hydrogen-bond donors (Lipinski definition) is 1. The molecule has 0 saturated carbocycles. The van der Waals surface area contributed by atoms with Gasteiger partial charge in [0.05, 0.1) is 34.4 Å². The fourth-order valence-corrected chi connectivity index (χ4v) is 5.35. The van der Waals surface area contributed by atoms with E-state index in [1.165, 1.54) is 4.31 Å². The van der Waals surface area contributed by atoms with E-state index in [2.05, 4.69) is 10.3 Å². The number of amides is 1. The van der Waals surface area contributed by atoms with Crippen LogP contribution in [0.15, 0.2) is 53.7 Å². The molecule has 3 aromatic rings. The SMILES string of the molecule is CCOC(=O)c1ccc(NC(=O)CCn2cnc3cc(S(=O)(=O)N4CCCC4)ccc32)cc1. The molecule has 0 spiro atoms. The molecule has 4 rings (SSSR count). The van der Waals surface area contributed by atoms with Crippen molar-refractivity contribution in [3.63, 3.8) is 0 Å². The van der Waals surface area contributed by atoms with Crippen LogP contribution in [0.1, 0.15) is 36.5 Å². The Morgan fingerprint density at radius 2 is 1.82 bits per heavy atom. The maximum atomic E-state index is 12.8. The number of fused-ring (bicyclic) bond motifs is 1. The van der Waals surface area contributed by atoms with E-state index < -0.39 is 16.0 Å². The quantitative estimate of drug-likeness (QED) is 0.507. The number of aromatic nitrogens is 2. The standard InChI is InChI=1S/C23H26N4O5S/c1-2-32-23(29)17-5-7-18(8-6-17)25-22(28)11-14-26-16-24-20-15-19(9-10-21(20)26)33(30,31)27-12-3-4-13-27/h5-10,15-16H,2-4,11-14H2,1H3,(H,25,28). The van der Waals surface area contributed by atoms with Crippen LogP contribution in [0.2, 0.25) is 0 Å². The number of benzene rings is 2. The van der Waals surface area contributed by atoms with Crippen LogP contribution in [0.25, 0.3) is 11.0 Å². The first-order chi connectivity index (χ1) is 15.9. The lowest BCUT2D eigenvalue weighted by atomic mass is 10.2. The minimum Gasteiger partial charge on any atom is -0.462 e. The van der Waals surface area contributed by atoms with E-state index in [1.807, 2.05) is 4.57 Å². The Hall–Kier alpha value is -3.24. The van der Waals surface area contributed by atoms with E-state index in [9.17, 15) is 18.0 Å². The predicted octanol–water partition coefficient (Wildman–Crippen LogP) is 3.03. The molecule has 2 aromatic carbocycles. The Morgan fingerprint density at radius 3 is 2.52 bits per heavy atom. The van der Waals surface area contributed by atoms with Crippen molar-refractivity contribution >= 4 is 38.6 Å². The first kappa shape index (κ1) is 22.9. The fourth-order valence-electron chi connectivity index (χ4n) is 3.81. The first-order valence-electron chi connectivity index (χ1n) is 10.9. The van der Waals surface area contributed by atoms with E-state index in [1.54, 1.807) is 55.7 Å². The van der Waals surface area contributed by atoms with E-state index in [0.717, 1.165) is 18.4 Å². The maximum Gasteiger partial charge on any atom is 0.338 e. The van der Waals surface area contributed by atoms with Crippen LogP contribution in [0.3, 0.4) is 0 Å². The van der Waals surface area contributed by atoms with Gasteiger partial charge in [0.1, 0.15) is 0 Å². The highest BCUT2D eigenvalue weighted by Crippen LogP contribution is 2.24. The monoisotopic (exact) mass is 470 g/mol. The number of nitrogens with one attached hydrogen (secondary N) is 1. The molecule has 1 saturated heterocycles. The van der Waals surface area contributed by atoms with Crippen molar-refractivity contribution in [1.29, 1.82) is 0 Å². The molecule has 0 bridgehead atoms. The van der Waals surface area contributed by atoms with Crippen LogP contribution in [0, 0.1) is 0 Å². The number of hydrogen-bond acceptors (Lipinski definition) is 6. The summed E-state index contributed by atoms with van der Waals surface area (Å²) in [5, 5.41) is 2.80. The molecule has 1 aromatic heterocycles. The van der Waals surface area contributed by atoms with Gasteiger partial charge in [-0.2, -0.15) is 4.31 Å². The average molecular weight is 471 g/mol. The number of carbonyl (C=O) groups is 2. The maximum absolute atomic E-state index is 12.8. The van der Waals surface area contributed by atoms with Crippen LogP contribution in [0.4, 0.5) is 5.69 Å². The van der Waals surface area contributed by atoms with E-state index in [-0.39, 0.29) is 17.2 Å². The Morgan fingerprint density at radius 1 is 1.09 bits per heavy atom. The Kier molecular flexibility index (Phi) is 6.75. The Balaban J connectivity index is 1.38. The minimum atomic E-state index is -3.50. The number of aryl methyl sites for hydroxylation is 1. The predicted molar refractivity (Wildman–Crippen MR) is 123 cm³/mol. The number of sulfonamides is 1. The number of nitrogens with zero attached hydrogens (tertiary/aromatic N) is 3. The third kappa shape index (κ3) is 5.07. The summed E-state index contributed by atoms with van der Waals surface area (Å²) in [5.41, 5.74) is 2.35. The molecular formula is C23H26N4O5S. The second-order valence-corrected chi connectivity index (χ2v) is 9.73. The van der Waals surface area contributed by atoms with Gasteiger partial charge < -0.3 is 14.6 Å². The van der Waals surface area contributed by atoms with Gasteiger partial charge in [-0.25, -0.2) is 18.2 Å². The van der Waals surface area contributed by atoms with Crippen molar-refractivity contribution in [3.8, 4) is 0 Å². The van der Waals surface area contributed by atoms with E-state index in [0.29, 0.717) is 43.0 Å². The van der Waals surface area contributed by atoms with Crippen molar-refractivity contribution in [1.82, 2.24) is 13.9 Å². The van der Waals surface area contributed by atoms with E-state index >= 15 is 0 Å². The minimum absolute atomic E-state index is 0.186. The molecule has 0 radical (unpaired) electrons. The molecule has 1 aliphatic heterocycles. The third-order valence-electron chi connectivity index (χ3n) is 5.55. The number of anilines is 1. The zero-order valence-corrected chi connectivity index (χ0v) is 19.2. The summed E-state index contributed by atoms with van der Waals surface area (Å²) < 4.78 is 33.8. The largest absolute Gasteiger partial charge is 0.462 e. The Bertz CT molecular complexity index is 1260. The molecule has 1 amide bonds. The highest BCUT2D eigenvalue weighted by atomic mass is 32.2. The van der Waals surface area contributed by atoms with Crippen molar-refractivity contribution < 1.29 is 22.7 Å². The fraction of sp³-hybridized carbons (Fsp3) is 0.348. The lowest BCUT2D eigenvalue weighted by Gasteiger charge is -2.15. The van der Waals surface area contributed by atoms with Gasteiger partial charge in [0, 0.05) is 31.7 Å². The van der Waals surface area contributed by atoms with Crippen LogP contribution in [-0.2, 0) is 26.1 Å². The number of carbonyl (C=O) groups excluding carboxylic acids is 2. The number of rotatable bonds is 8. The van der Waals surface area contributed by atoms with Crippen molar-refractivity contribution in [2.45, 2.75) is 37.6 Å². The second kappa shape index (κ2) is 9.72. The first-order valence-corrected chi connectivity index (χ1v) is 12.3. The van der Waals surface area contributed by atoms with Crippen LogP contribution >= 0.6 is 0 Å². The highest BCUT2D eigenvalue weighted by molar-refractivity contribution is 7.89. The van der Waals surface area contributed by atoms with Crippen molar-refractivity contribution in [2.75, 3.05) is 25.0 Å². The lowest BCUT2D eigenvalue weighted by molar-refractivity contribution is -0.116. The molecule has 33 heavy (non-hydrogen) atoms. The van der Waals surface area contributed by atoms with Crippen LogP contribution < -0.4 is 5.32 Å². The third-order valence-corrected chi connectivity index (χ3v) is 7.45. The van der Waals surface area contributed by atoms with E-state index in [4.69, 9.17) is 4.74 Å². The lowest BCUT2D eigenvalue weighted by Crippen LogP contribution is -2.27. The van der Waals surface area contributed by atoms with Gasteiger partial charge >= 0.3 is 5.97 Å². The smallest absolute Gasteiger partial charge is 0.338 e. The van der Waals surface area contributed by atoms with Gasteiger partial charge in [-0.05, 0) is 62.2 Å². The molecule has 1 aliphatic rings. The molecule has 1 N–H and O–H groups in total. The molecule has 174 valence electrons. The molecular weight excluding hydrogens is 444 g/mol. The number of esters is 1. The zero-order chi connectivity index (χ0) is 23.4. The van der Waals surface area contributed by atoms with Gasteiger partial charge in [0.2, 0.25) is 15.9 Å². The van der Waals surface area contributed by atoms with Gasteiger partial charge in [-0.1, -0.05) is 0 Å².